The number of aromatic amines is 1. The van der Waals surface area contributed by atoms with Gasteiger partial charge in [0, 0.05) is 19.6 Å². The average molecular weight is 195 g/mol. The van der Waals surface area contributed by atoms with E-state index in [1.165, 1.54) is 6.20 Å². The second-order valence-electron chi connectivity index (χ2n) is 3.26. The predicted molar refractivity (Wildman–Crippen MR) is 49.8 cm³/mol. The highest BCUT2D eigenvalue weighted by Crippen LogP contribution is 2.08. The van der Waals surface area contributed by atoms with E-state index >= 15 is 0 Å². The fourth-order valence-electron chi connectivity index (χ4n) is 1.51. The normalized spacial score (nSPS) is 16.4. The molecule has 1 fully saturated rings. The van der Waals surface area contributed by atoms with E-state index in [0.29, 0.717) is 18.3 Å². The summed E-state index contributed by atoms with van der Waals surface area (Å²) >= 11 is 0. The van der Waals surface area contributed by atoms with Gasteiger partial charge in [0.25, 0.3) is 5.91 Å². The summed E-state index contributed by atoms with van der Waals surface area (Å²) in [5.74, 6) is -0.0484. The van der Waals surface area contributed by atoms with E-state index < -0.39 is 0 Å². The molecule has 1 aromatic rings. The summed E-state index contributed by atoms with van der Waals surface area (Å²) in [4.78, 5) is 13.7. The van der Waals surface area contributed by atoms with Gasteiger partial charge in [-0.1, -0.05) is 0 Å². The second kappa shape index (κ2) is 3.75. The molecule has 2 heterocycles. The Labute approximate surface area is 81.7 Å². The van der Waals surface area contributed by atoms with Crippen LogP contribution >= 0.6 is 0 Å². The number of aromatic nitrogens is 3. The van der Waals surface area contributed by atoms with Crippen molar-refractivity contribution < 1.29 is 4.79 Å². The number of hydrogen-bond donors (Lipinski definition) is 2. The number of nitrogens with zero attached hydrogens (tertiary/aromatic N) is 3. The topological polar surface area (TPSA) is 73.9 Å². The zero-order valence-electron chi connectivity index (χ0n) is 8.03. The molecule has 0 bridgehead atoms. The number of nitrogens with one attached hydrogen (secondary N) is 2. The molecule has 0 saturated carbocycles. The first-order valence-electron chi connectivity index (χ1n) is 4.70. The van der Waals surface area contributed by atoms with Gasteiger partial charge in [-0.05, 0) is 6.92 Å². The van der Waals surface area contributed by atoms with Crippen LogP contribution in [-0.4, -0.2) is 51.9 Å². The molecule has 1 aliphatic rings. The molecule has 1 aliphatic heterocycles. The zero-order chi connectivity index (χ0) is 9.97. The molecule has 1 amide bonds. The van der Waals surface area contributed by atoms with Crippen LogP contribution in [-0.2, 0) is 0 Å². The molecule has 0 aromatic carbocycles. The van der Waals surface area contributed by atoms with Crippen LogP contribution in [0.2, 0.25) is 0 Å². The lowest BCUT2D eigenvalue weighted by Gasteiger charge is -2.37. The summed E-state index contributed by atoms with van der Waals surface area (Å²) in [7, 11) is 0. The van der Waals surface area contributed by atoms with Crippen molar-refractivity contribution in [2.45, 2.75) is 13.0 Å². The highest BCUT2D eigenvalue weighted by molar-refractivity contribution is 5.92. The first-order chi connectivity index (χ1) is 6.83. The summed E-state index contributed by atoms with van der Waals surface area (Å²) in [6, 6.07) is 0.309. The molecule has 14 heavy (non-hydrogen) atoms. The molecule has 0 atom stereocenters. The molecular weight excluding hydrogens is 182 g/mol. The third kappa shape index (κ3) is 1.48. The van der Waals surface area contributed by atoms with E-state index in [4.69, 9.17) is 0 Å². The first kappa shape index (κ1) is 9.14. The third-order valence-electron chi connectivity index (χ3n) is 2.44. The van der Waals surface area contributed by atoms with Gasteiger partial charge in [-0.15, -0.1) is 0 Å². The van der Waals surface area contributed by atoms with Crippen LogP contribution in [0.15, 0.2) is 6.20 Å². The van der Waals surface area contributed by atoms with Crippen molar-refractivity contribution in [2.24, 2.45) is 0 Å². The van der Waals surface area contributed by atoms with Gasteiger partial charge in [0.15, 0.2) is 5.69 Å². The van der Waals surface area contributed by atoms with Gasteiger partial charge in [0.1, 0.15) is 0 Å². The maximum absolute atomic E-state index is 11.8. The Morgan fingerprint density at radius 2 is 2.50 bits per heavy atom. The molecule has 1 saturated heterocycles. The van der Waals surface area contributed by atoms with Crippen molar-refractivity contribution in [1.29, 1.82) is 0 Å². The van der Waals surface area contributed by atoms with Crippen LogP contribution < -0.4 is 5.32 Å². The van der Waals surface area contributed by atoms with Gasteiger partial charge in [-0.2, -0.15) is 15.4 Å². The fraction of sp³-hybridized carbons (Fsp3) is 0.625. The molecule has 0 unspecified atom stereocenters. The van der Waals surface area contributed by atoms with Gasteiger partial charge >= 0.3 is 0 Å². The van der Waals surface area contributed by atoms with Gasteiger partial charge in [0.2, 0.25) is 0 Å². The Hall–Kier alpha value is -1.43. The number of rotatable bonds is 3. The van der Waals surface area contributed by atoms with Crippen LogP contribution in [0.25, 0.3) is 0 Å². The minimum absolute atomic E-state index is 0.0484. The number of amides is 1. The lowest BCUT2D eigenvalue weighted by atomic mass is 10.1. The van der Waals surface area contributed by atoms with Crippen molar-refractivity contribution in [2.75, 3.05) is 19.6 Å². The first-order valence-corrected chi connectivity index (χ1v) is 4.70. The quantitative estimate of drug-likeness (QED) is 0.664. The summed E-state index contributed by atoms with van der Waals surface area (Å²) in [5.41, 5.74) is 0.388. The predicted octanol–water partition coefficient (Wildman–Crippen LogP) is -0.761. The number of likely N-dealkylation sites (N-methyl/N-ethyl adjacent to an activating group) is 1. The van der Waals surface area contributed by atoms with E-state index in [0.717, 1.165) is 13.1 Å². The van der Waals surface area contributed by atoms with Crippen LogP contribution in [0.1, 0.15) is 17.4 Å². The van der Waals surface area contributed by atoms with Crippen LogP contribution in [0, 0.1) is 0 Å². The minimum Gasteiger partial charge on any atom is -0.332 e. The largest absolute Gasteiger partial charge is 0.332 e. The van der Waals surface area contributed by atoms with E-state index in [1.54, 1.807) is 0 Å². The van der Waals surface area contributed by atoms with E-state index in [1.807, 2.05) is 11.8 Å². The molecule has 0 radical (unpaired) electrons. The lowest BCUT2D eigenvalue weighted by Crippen LogP contribution is -2.58. The van der Waals surface area contributed by atoms with Gasteiger partial charge in [-0.25, -0.2) is 0 Å². The van der Waals surface area contributed by atoms with Crippen molar-refractivity contribution in [3.8, 4) is 0 Å². The molecule has 76 valence electrons. The standard InChI is InChI=1S/C8H13N5O/c1-2-13(6-3-9-4-6)8(14)7-5-10-12-11-7/h5-6,9H,2-4H2,1H3,(H,10,11,12). The number of hydrogen-bond acceptors (Lipinski definition) is 4. The van der Waals surface area contributed by atoms with Gasteiger partial charge < -0.3 is 10.2 Å². The Morgan fingerprint density at radius 3 is 2.93 bits per heavy atom. The lowest BCUT2D eigenvalue weighted by molar-refractivity contribution is 0.0624. The van der Waals surface area contributed by atoms with Crippen molar-refractivity contribution in [1.82, 2.24) is 25.6 Å². The molecule has 2 rings (SSSR count). The van der Waals surface area contributed by atoms with Crippen molar-refractivity contribution in [3.63, 3.8) is 0 Å². The minimum atomic E-state index is -0.0484. The zero-order valence-corrected chi connectivity index (χ0v) is 8.03. The Kier molecular flexibility index (Phi) is 2.45. The highest BCUT2D eigenvalue weighted by Gasteiger charge is 2.28. The SMILES string of the molecule is CCN(C(=O)c1cn[nH]n1)C1CNC1. The molecule has 0 spiro atoms. The Balaban J connectivity index is 2.08. The number of H-pyrrole nitrogens is 1. The van der Waals surface area contributed by atoms with E-state index in [2.05, 4.69) is 20.7 Å². The Bertz CT molecular complexity index is 306. The fourth-order valence-corrected chi connectivity index (χ4v) is 1.51. The molecule has 6 heteroatoms. The van der Waals surface area contributed by atoms with E-state index in [9.17, 15) is 4.79 Å². The number of carbonyl (C=O) groups is 1. The Morgan fingerprint density at radius 1 is 1.71 bits per heavy atom. The summed E-state index contributed by atoms with van der Waals surface area (Å²) in [6.45, 7) is 4.42. The molecule has 2 N–H and O–H groups in total. The monoisotopic (exact) mass is 195 g/mol. The smallest absolute Gasteiger partial charge is 0.276 e. The van der Waals surface area contributed by atoms with Crippen molar-refractivity contribution >= 4 is 5.91 Å². The molecule has 1 aromatic heterocycles. The molecular formula is C8H13N5O. The van der Waals surface area contributed by atoms with Crippen LogP contribution in [0.5, 0.6) is 0 Å². The maximum atomic E-state index is 11.8. The third-order valence-corrected chi connectivity index (χ3v) is 2.44. The number of carbonyl (C=O) groups excluding carboxylic acids is 1. The summed E-state index contributed by atoms with van der Waals surface area (Å²) in [5, 5.41) is 13.0. The molecule has 6 nitrogen and oxygen atoms in total. The van der Waals surface area contributed by atoms with Crippen molar-refractivity contribution in [3.05, 3.63) is 11.9 Å². The van der Waals surface area contributed by atoms with Gasteiger partial charge in [-0.3, -0.25) is 4.79 Å². The van der Waals surface area contributed by atoms with Crippen LogP contribution in [0.4, 0.5) is 0 Å². The summed E-state index contributed by atoms with van der Waals surface area (Å²) in [6.07, 6.45) is 1.46. The van der Waals surface area contributed by atoms with E-state index in [-0.39, 0.29) is 5.91 Å². The summed E-state index contributed by atoms with van der Waals surface area (Å²) < 4.78 is 0. The second-order valence-corrected chi connectivity index (χ2v) is 3.26. The van der Waals surface area contributed by atoms with Crippen LogP contribution in [0.3, 0.4) is 0 Å². The maximum Gasteiger partial charge on any atom is 0.276 e. The molecule has 0 aliphatic carbocycles. The average Bonchev–Trinajstić information content (AvgIpc) is 2.62. The van der Waals surface area contributed by atoms with Gasteiger partial charge in [0.05, 0.1) is 12.2 Å². The highest BCUT2D eigenvalue weighted by atomic mass is 16.2.